The molecule has 31 heavy (non-hydrogen) atoms. The third-order valence-corrected chi connectivity index (χ3v) is 4.88. The minimum atomic E-state index is -0.556. The van der Waals surface area contributed by atoms with E-state index in [1.807, 2.05) is 6.07 Å². The van der Waals surface area contributed by atoms with Crippen LogP contribution in [-0.4, -0.2) is 24.1 Å². The van der Waals surface area contributed by atoms with Crippen LogP contribution in [0.2, 0.25) is 0 Å². The summed E-state index contributed by atoms with van der Waals surface area (Å²) in [6.07, 6.45) is 11.0. The van der Waals surface area contributed by atoms with E-state index in [1.54, 1.807) is 26.8 Å². The van der Waals surface area contributed by atoms with Gasteiger partial charge >= 0.3 is 6.09 Å². The first-order chi connectivity index (χ1) is 14.7. The molecular weight excluding hydrogens is 395 g/mol. The third kappa shape index (κ3) is 13.7. The standard InChI is InChI=1S/C25H41FN2O3/c1-5-6-7-8-9-10-11-12-14-20-16-17-22(21(26)19-20)28-23(29)15-13-18-27-24(30)31-25(2,3)4/h16-17,19H,5-15,18H2,1-4H3,(H,27,30)(H,28,29). The van der Waals surface area contributed by atoms with Crippen LogP contribution in [0.5, 0.6) is 0 Å². The first kappa shape index (κ1) is 26.9. The van der Waals surface area contributed by atoms with Crippen molar-refractivity contribution in [2.75, 3.05) is 11.9 Å². The molecule has 6 heteroatoms. The lowest BCUT2D eigenvalue weighted by atomic mass is 10.0. The molecule has 0 fully saturated rings. The van der Waals surface area contributed by atoms with Gasteiger partial charge in [-0.3, -0.25) is 4.79 Å². The molecule has 2 amide bonds. The van der Waals surface area contributed by atoms with Gasteiger partial charge in [-0.15, -0.1) is 0 Å². The number of rotatable bonds is 14. The van der Waals surface area contributed by atoms with Crippen molar-refractivity contribution in [2.24, 2.45) is 0 Å². The predicted octanol–water partition coefficient (Wildman–Crippen LogP) is 6.75. The van der Waals surface area contributed by atoms with E-state index in [2.05, 4.69) is 17.6 Å². The summed E-state index contributed by atoms with van der Waals surface area (Å²) < 4.78 is 19.5. The molecule has 0 heterocycles. The van der Waals surface area contributed by atoms with Crippen molar-refractivity contribution in [3.8, 4) is 0 Å². The maximum Gasteiger partial charge on any atom is 0.407 e. The van der Waals surface area contributed by atoms with Gasteiger partial charge in [0.25, 0.3) is 0 Å². The Morgan fingerprint density at radius 3 is 2.23 bits per heavy atom. The highest BCUT2D eigenvalue weighted by Crippen LogP contribution is 2.18. The van der Waals surface area contributed by atoms with Crippen LogP contribution in [0.4, 0.5) is 14.9 Å². The zero-order valence-electron chi connectivity index (χ0n) is 19.8. The van der Waals surface area contributed by atoms with Crippen LogP contribution >= 0.6 is 0 Å². The number of hydrogen-bond acceptors (Lipinski definition) is 3. The van der Waals surface area contributed by atoms with Gasteiger partial charge in [-0.25, -0.2) is 9.18 Å². The molecule has 0 spiro atoms. The molecule has 0 saturated carbocycles. The van der Waals surface area contributed by atoms with E-state index >= 15 is 0 Å². The second kappa shape index (κ2) is 14.8. The Balaban J connectivity index is 2.24. The largest absolute Gasteiger partial charge is 0.444 e. The molecular formula is C25H41FN2O3. The number of ether oxygens (including phenoxy) is 1. The number of aryl methyl sites for hydroxylation is 1. The number of anilines is 1. The van der Waals surface area contributed by atoms with Crippen molar-refractivity contribution in [1.29, 1.82) is 0 Å². The van der Waals surface area contributed by atoms with E-state index in [9.17, 15) is 14.0 Å². The van der Waals surface area contributed by atoms with Crippen molar-refractivity contribution >= 4 is 17.7 Å². The van der Waals surface area contributed by atoms with Gasteiger partial charge in [-0.05, 0) is 57.7 Å². The summed E-state index contributed by atoms with van der Waals surface area (Å²) in [5, 5.41) is 5.21. The smallest absolute Gasteiger partial charge is 0.407 e. The van der Waals surface area contributed by atoms with Crippen molar-refractivity contribution in [1.82, 2.24) is 5.32 Å². The maximum absolute atomic E-state index is 14.3. The highest BCUT2D eigenvalue weighted by Gasteiger charge is 2.15. The molecule has 0 atom stereocenters. The SMILES string of the molecule is CCCCCCCCCCc1ccc(NC(=O)CCCNC(=O)OC(C)(C)C)c(F)c1. The lowest BCUT2D eigenvalue weighted by Crippen LogP contribution is -2.33. The predicted molar refractivity (Wildman–Crippen MR) is 125 cm³/mol. The summed E-state index contributed by atoms with van der Waals surface area (Å²) in [4.78, 5) is 23.6. The Kier molecular flexibility index (Phi) is 12.9. The minimum Gasteiger partial charge on any atom is -0.444 e. The number of unbranched alkanes of at least 4 members (excludes halogenated alkanes) is 7. The average molecular weight is 437 g/mol. The van der Waals surface area contributed by atoms with Crippen LogP contribution in [-0.2, 0) is 16.0 Å². The number of alkyl carbamates (subject to hydrolysis) is 1. The zero-order chi connectivity index (χ0) is 23.1. The van der Waals surface area contributed by atoms with E-state index in [0.29, 0.717) is 13.0 Å². The fraction of sp³-hybridized carbons (Fsp3) is 0.680. The molecule has 2 N–H and O–H groups in total. The second-order valence-electron chi connectivity index (χ2n) is 9.12. The van der Waals surface area contributed by atoms with Crippen molar-refractivity contribution in [3.05, 3.63) is 29.6 Å². The van der Waals surface area contributed by atoms with Crippen molar-refractivity contribution < 1.29 is 18.7 Å². The topological polar surface area (TPSA) is 67.4 Å². The third-order valence-electron chi connectivity index (χ3n) is 4.88. The molecule has 0 aromatic heterocycles. The zero-order valence-corrected chi connectivity index (χ0v) is 19.8. The van der Waals surface area contributed by atoms with Crippen molar-refractivity contribution in [3.63, 3.8) is 0 Å². The van der Waals surface area contributed by atoms with Gasteiger partial charge in [0.15, 0.2) is 0 Å². The summed E-state index contributed by atoms with van der Waals surface area (Å²) in [6, 6.07) is 5.02. The number of carbonyl (C=O) groups excluding carboxylic acids is 2. The van der Waals surface area contributed by atoms with Gasteiger partial charge in [-0.2, -0.15) is 0 Å². The molecule has 5 nitrogen and oxygen atoms in total. The molecule has 0 aliphatic rings. The molecule has 0 unspecified atom stereocenters. The lowest BCUT2D eigenvalue weighted by Gasteiger charge is -2.19. The maximum atomic E-state index is 14.3. The number of carbonyl (C=O) groups is 2. The van der Waals surface area contributed by atoms with Gasteiger partial charge in [0.1, 0.15) is 11.4 Å². The Labute approximate surface area is 187 Å². The summed E-state index contributed by atoms with van der Waals surface area (Å²) in [5.74, 6) is -0.682. The lowest BCUT2D eigenvalue weighted by molar-refractivity contribution is -0.116. The van der Waals surface area contributed by atoms with Crippen LogP contribution in [0.3, 0.4) is 0 Å². The van der Waals surface area contributed by atoms with Gasteiger partial charge in [0, 0.05) is 13.0 Å². The summed E-state index contributed by atoms with van der Waals surface area (Å²) in [5.41, 5.74) is 0.604. The summed E-state index contributed by atoms with van der Waals surface area (Å²) in [6.45, 7) is 7.91. The molecule has 176 valence electrons. The highest BCUT2D eigenvalue weighted by atomic mass is 19.1. The van der Waals surface area contributed by atoms with Crippen LogP contribution in [0.15, 0.2) is 18.2 Å². The van der Waals surface area contributed by atoms with Gasteiger partial charge < -0.3 is 15.4 Å². The van der Waals surface area contributed by atoms with Crippen LogP contribution in [0.25, 0.3) is 0 Å². The van der Waals surface area contributed by atoms with E-state index < -0.39 is 17.5 Å². The Morgan fingerprint density at radius 2 is 1.61 bits per heavy atom. The first-order valence-corrected chi connectivity index (χ1v) is 11.8. The molecule has 1 rings (SSSR count). The molecule has 0 bridgehead atoms. The number of benzene rings is 1. The molecule has 1 aromatic carbocycles. The Bertz CT molecular complexity index is 671. The van der Waals surface area contributed by atoms with E-state index in [4.69, 9.17) is 4.74 Å². The molecule has 0 aliphatic heterocycles. The van der Waals surface area contributed by atoms with Crippen LogP contribution in [0, 0.1) is 5.82 Å². The van der Waals surface area contributed by atoms with Gasteiger partial charge in [0.2, 0.25) is 5.91 Å². The quantitative estimate of drug-likeness (QED) is 0.317. The van der Waals surface area contributed by atoms with Crippen LogP contribution < -0.4 is 10.6 Å². The highest BCUT2D eigenvalue weighted by molar-refractivity contribution is 5.90. The normalized spacial score (nSPS) is 11.3. The molecule has 0 aliphatic carbocycles. The average Bonchev–Trinajstić information content (AvgIpc) is 2.68. The van der Waals surface area contributed by atoms with Gasteiger partial charge in [0.05, 0.1) is 5.69 Å². The fourth-order valence-electron chi connectivity index (χ4n) is 3.24. The van der Waals surface area contributed by atoms with E-state index in [1.165, 1.54) is 51.0 Å². The van der Waals surface area contributed by atoms with E-state index in [0.717, 1.165) is 18.4 Å². The van der Waals surface area contributed by atoms with E-state index in [-0.39, 0.29) is 18.0 Å². The first-order valence-electron chi connectivity index (χ1n) is 11.8. The Morgan fingerprint density at radius 1 is 0.968 bits per heavy atom. The second-order valence-corrected chi connectivity index (χ2v) is 9.12. The fourth-order valence-corrected chi connectivity index (χ4v) is 3.24. The number of nitrogens with one attached hydrogen (secondary N) is 2. The summed E-state index contributed by atoms with van der Waals surface area (Å²) >= 11 is 0. The Hall–Kier alpha value is -2.11. The van der Waals surface area contributed by atoms with Crippen LogP contribution in [0.1, 0.15) is 97.5 Å². The molecule has 0 saturated heterocycles. The number of amides is 2. The monoisotopic (exact) mass is 436 g/mol. The van der Waals surface area contributed by atoms with Gasteiger partial charge in [-0.1, -0.05) is 57.9 Å². The van der Waals surface area contributed by atoms with Crippen molar-refractivity contribution in [2.45, 2.75) is 104 Å². The molecule has 1 aromatic rings. The summed E-state index contributed by atoms with van der Waals surface area (Å²) in [7, 11) is 0. The number of halogens is 1. The minimum absolute atomic E-state index is 0.190. The number of hydrogen-bond donors (Lipinski definition) is 2. The molecule has 0 radical (unpaired) electrons.